The third-order valence-corrected chi connectivity index (χ3v) is 10.00. The molecular weight excluding hydrogens is 444 g/mol. The van der Waals surface area contributed by atoms with Gasteiger partial charge in [0.05, 0.1) is 0 Å². The predicted molar refractivity (Wildman–Crippen MR) is 88.4 cm³/mol. The zero-order valence-electron chi connectivity index (χ0n) is 15.4. The summed E-state index contributed by atoms with van der Waals surface area (Å²) in [4.78, 5) is 0. The molecular formula is C15H28Cl2NO2Si2Zr. The van der Waals surface area contributed by atoms with Crippen molar-refractivity contribution in [2.75, 3.05) is 6.61 Å². The van der Waals surface area contributed by atoms with Gasteiger partial charge in [0.25, 0.3) is 0 Å². The van der Waals surface area contributed by atoms with Crippen molar-refractivity contribution < 1.29 is 58.4 Å². The summed E-state index contributed by atoms with van der Waals surface area (Å²) in [5.74, 6) is 0. The Kier molecular flexibility index (Phi) is 8.14. The molecule has 1 aliphatic heterocycles. The summed E-state index contributed by atoms with van der Waals surface area (Å²) in [6.45, 7) is 18.7. The molecule has 23 heavy (non-hydrogen) atoms. The van der Waals surface area contributed by atoms with E-state index in [9.17, 15) is 0 Å². The van der Waals surface area contributed by atoms with Crippen molar-refractivity contribution in [1.82, 2.24) is 5.32 Å². The summed E-state index contributed by atoms with van der Waals surface area (Å²) in [6, 6.07) is 0. The molecule has 1 saturated heterocycles. The molecule has 0 spiro atoms. The number of halogens is 2. The summed E-state index contributed by atoms with van der Waals surface area (Å²) in [6.07, 6.45) is 0.167. The molecule has 131 valence electrons. The van der Waals surface area contributed by atoms with Crippen LogP contribution in [0.2, 0.25) is 26.2 Å². The van der Waals surface area contributed by atoms with E-state index in [0.29, 0.717) is 0 Å². The van der Waals surface area contributed by atoms with Crippen LogP contribution in [0.1, 0.15) is 27.7 Å². The van der Waals surface area contributed by atoms with Gasteiger partial charge < -0.3 is 24.8 Å². The topological polar surface area (TPSA) is 30.5 Å². The second-order valence-corrected chi connectivity index (χ2v) is 17.2. The number of allylic oxidation sites excluding steroid dienone is 2. The van der Waals surface area contributed by atoms with Gasteiger partial charge in [-0.25, -0.2) is 0 Å². The van der Waals surface area contributed by atoms with Gasteiger partial charge in [-0.3, -0.25) is 0 Å². The average Bonchev–Trinajstić information content (AvgIpc) is 2.76. The molecule has 8 heteroatoms. The maximum atomic E-state index is 6.49. The SMILES string of the molecule is CCO[Si]1(C)C2=[C]([Zr+2])C(O[Si](C)(C)C)C(NC(C)(C)C)=C21.[Cl-].[Cl-]. The van der Waals surface area contributed by atoms with Gasteiger partial charge in [0.2, 0.25) is 0 Å². The van der Waals surface area contributed by atoms with E-state index in [-0.39, 0.29) is 36.5 Å². The predicted octanol–water partition coefficient (Wildman–Crippen LogP) is -2.62. The van der Waals surface area contributed by atoms with E-state index in [0.717, 1.165) is 6.61 Å². The number of nitrogens with one attached hydrogen (secondary N) is 1. The van der Waals surface area contributed by atoms with E-state index in [1.807, 2.05) is 0 Å². The third kappa shape index (κ3) is 5.05. The minimum Gasteiger partial charge on any atom is -1.00 e. The molecule has 2 rings (SSSR count). The van der Waals surface area contributed by atoms with E-state index in [4.69, 9.17) is 8.85 Å². The average molecular weight is 473 g/mol. The normalized spacial score (nSPS) is 26.6. The maximum Gasteiger partial charge on any atom is -1.00 e. The Labute approximate surface area is 171 Å². The summed E-state index contributed by atoms with van der Waals surface area (Å²) in [5.41, 5.74) is 1.37. The van der Waals surface area contributed by atoms with Crippen molar-refractivity contribution >= 4 is 16.6 Å². The Morgan fingerprint density at radius 1 is 1.17 bits per heavy atom. The molecule has 0 saturated carbocycles. The third-order valence-electron chi connectivity index (χ3n) is 3.62. The van der Waals surface area contributed by atoms with E-state index in [1.165, 1.54) is 44.1 Å². The Morgan fingerprint density at radius 2 is 1.70 bits per heavy atom. The van der Waals surface area contributed by atoms with E-state index in [2.05, 4.69) is 59.2 Å². The Morgan fingerprint density at radius 3 is 2.09 bits per heavy atom. The van der Waals surface area contributed by atoms with Crippen LogP contribution in [-0.2, 0) is 33.6 Å². The number of hydrogen-bond acceptors (Lipinski definition) is 3. The zero-order valence-corrected chi connectivity index (χ0v) is 21.3. The molecule has 2 unspecified atom stereocenters. The maximum absolute atomic E-state index is 6.49. The van der Waals surface area contributed by atoms with Crippen LogP contribution in [0.15, 0.2) is 19.4 Å². The number of hydrogen-bond donors (Lipinski definition) is 1. The van der Waals surface area contributed by atoms with Crippen molar-refractivity contribution in [3.63, 3.8) is 0 Å². The van der Waals surface area contributed by atoms with Gasteiger partial charge in [-0.1, -0.05) is 0 Å². The molecule has 2 atom stereocenters. The molecule has 1 N–H and O–H groups in total. The Bertz CT molecular complexity index is 527. The smallest absolute Gasteiger partial charge is 1.00 e. The molecule has 3 nitrogen and oxygen atoms in total. The van der Waals surface area contributed by atoms with Crippen molar-refractivity contribution in [2.24, 2.45) is 0 Å². The largest absolute Gasteiger partial charge is 1.00 e. The number of rotatable bonds is 5. The van der Waals surface area contributed by atoms with Crippen molar-refractivity contribution in [2.45, 2.75) is 65.5 Å². The van der Waals surface area contributed by atoms with Crippen molar-refractivity contribution in [1.29, 1.82) is 0 Å². The summed E-state index contributed by atoms with van der Waals surface area (Å²) >= 11 is 1.47. The van der Waals surface area contributed by atoms with Crippen LogP contribution >= 0.6 is 0 Å². The van der Waals surface area contributed by atoms with Crippen molar-refractivity contribution in [3.05, 3.63) is 19.4 Å². The fourth-order valence-corrected chi connectivity index (χ4v) is 10.8. The quantitative estimate of drug-likeness (QED) is 0.445. The molecule has 0 radical (unpaired) electrons. The Hall–Kier alpha value is 1.10. The van der Waals surface area contributed by atoms with Crippen LogP contribution in [0.25, 0.3) is 0 Å². The fourth-order valence-electron chi connectivity index (χ4n) is 2.98. The summed E-state index contributed by atoms with van der Waals surface area (Å²) in [5, 5.41) is 6.76. The van der Waals surface area contributed by atoms with Gasteiger partial charge in [0.1, 0.15) is 0 Å². The minimum absolute atomic E-state index is 0. The van der Waals surface area contributed by atoms with Crippen LogP contribution in [0.3, 0.4) is 0 Å². The molecule has 2 aliphatic rings. The summed E-state index contributed by atoms with van der Waals surface area (Å²) in [7, 11) is -3.32. The van der Waals surface area contributed by atoms with Gasteiger partial charge >= 0.3 is 147 Å². The van der Waals surface area contributed by atoms with Crippen LogP contribution < -0.4 is 30.1 Å². The zero-order chi connectivity index (χ0) is 16.2. The van der Waals surface area contributed by atoms with Gasteiger partial charge in [0.15, 0.2) is 0 Å². The molecule has 0 aromatic rings. The Balaban J connectivity index is 0.00000242. The van der Waals surface area contributed by atoms with E-state index >= 15 is 0 Å². The monoisotopic (exact) mass is 470 g/mol. The first-order valence-corrected chi connectivity index (χ1v) is 14.8. The van der Waals surface area contributed by atoms with Gasteiger partial charge in [-0.15, -0.1) is 0 Å². The van der Waals surface area contributed by atoms with Gasteiger partial charge in [-0.2, -0.15) is 0 Å². The molecule has 0 bridgehead atoms. The van der Waals surface area contributed by atoms with Crippen LogP contribution in [0.5, 0.6) is 0 Å². The van der Waals surface area contributed by atoms with Crippen molar-refractivity contribution in [3.8, 4) is 0 Å². The second kappa shape index (κ2) is 7.77. The molecule has 0 aromatic carbocycles. The van der Waals surface area contributed by atoms with Gasteiger partial charge in [0, 0.05) is 0 Å². The molecule has 1 fully saturated rings. The molecule has 1 aliphatic carbocycles. The van der Waals surface area contributed by atoms with E-state index in [1.54, 1.807) is 0 Å². The van der Waals surface area contributed by atoms with E-state index < -0.39 is 16.6 Å². The van der Waals surface area contributed by atoms with Crippen LogP contribution in [-0.4, -0.2) is 34.9 Å². The summed E-state index contributed by atoms with van der Waals surface area (Å²) < 4.78 is 14.1. The second-order valence-electron chi connectivity index (χ2n) is 8.03. The minimum atomic E-state index is -1.74. The van der Waals surface area contributed by atoms with Gasteiger partial charge in [-0.05, 0) is 0 Å². The standard InChI is InChI=1S/C15H28NO2Si2.2ClH.Zr/c1-9-17-20(8)12-10-11(18-19(5,6)7)13(14(12)20)16-15(2,3)4;;;/h11,16H,9H2,1-8H3;2*1H;/q;;;+2/p-2. The molecule has 0 aromatic heterocycles. The first-order chi connectivity index (χ1) is 9.41. The molecule has 0 amide bonds. The number of fused-ring (bicyclic) bond motifs is 1. The fraction of sp³-hybridized carbons (Fsp3) is 0.733. The van der Waals surface area contributed by atoms with Crippen LogP contribution in [0.4, 0.5) is 0 Å². The molecule has 1 heterocycles. The van der Waals surface area contributed by atoms with Crippen LogP contribution in [0, 0.1) is 0 Å². The first kappa shape index (κ1) is 24.1. The first-order valence-electron chi connectivity index (χ1n) is 7.72.